The lowest BCUT2D eigenvalue weighted by Crippen LogP contribution is -2.47. The summed E-state index contributed by atoms with van der Waals surface area (Å²) >= 11 is 0. The van der Waals surface area contributed by atoms with Crippen molar-refractivity contribution in [3.05, 3.63) is 76.7 Å². The molecule has 35 heavy (non-hydrogen) atoms. The zero-order valence-electron chi connectivity index (χ0n) is 18.7. The molecule has 5 N–H and O–H groups in total. The van der Waals surface area contributed by atoms with Gasteiger partial charge in [0, 0.05) is 23.7 Å². The summed E-state index contributed by atoms with van der Waals surface area (Å²) in [6.07, 6.45) is 2.17. The summed E-state index contributed by atoms with van der Waals surface area (Å²) in [6.45, 7) is 0.488. The van der Waals surface area contributed by atoms with Crippen LogP contribution >= 0.6 is 0 Å². The molecule has 0 spiro atoms. The van der Waals surface area contributed by atoms with E-state index in [2.05, 4.69) is 10.6 Å². The molecule has 0 fully saturated rings. The Hall–Kier alpha value is -3.74. The molecule has 3 rings (SSSR count). The van der Waals surface area contributed by atoms with Crippen LogP contribution in [0.3, 0.4) is 0 Å². The van der Waals surface area contributed by atoms with E-state index in [1.54, 1.807) is 30.3 Å². The first-order valence-corrected chi connectivity index (χ1v) is 12.4. The SMILES string of the molecule is NCCCOc1ccc2cc(C(=O)NCC(NCS(=O)(=O)c3ccccc3)C(=O)O)cc(=O)n2c1. The van der Waals surface area contributed by atoms with Crippen molar-refractivity contribution >= 4 is 27.2 Å². The Kier molecular flexibility index (Phi) is 8.58. The van der Waals surface area contributed by atoms with Gasteiger partial charge in [0.1, 0.15) is 17.7 Å². The predicted molar refractivity (Wildman–Crippen MR) is 128 cm³/mol. The molecule has 0 saturated carbocycles. The number of hydrogen-bond acceptors (Lipinski definition) is 8. The zero-order chi connectivity index (χ0) is 25.4. The summed E-state index contributed by atoms with van der Waals surface area (Å²) in [5.41, 5.74) is 5.44. The molecule has 3 aromatic rings. The van der Waals surface area contributed by atoms with Crippen molar-refractivity contribution in [2.75, 3.05) is 25.6 Å². The number of benzene rings is 1. The maximum atomic E-state index is 12.6. The summed E-state index contributed by atoms with van der Waals surface area (Å²) in [7, 11) is -3.77. The van der Waals surface area contributed by atoms with E-state index in [0.717, 1.165) is 6.07 Å². The van der Waals surface area contributed by atoms with Gasteiger partial charge in [0.05, 0.1) is 17.7 Å². The number of nitrogens with two attached hydrogens (primary N) is 1. The van der Waals surface area contributed by atoms with E-state index in [1.165, 1.54) is 28.8 Å². The van der Waals surface area contributed by atoms with Crippen LogP contribution in [-0.2, 0) is 14.6 Å². The van der Waals surface area contributed by atoms with Crippen molar-refractivity contribution in [2.45, 2.75) is 17.4 Å². The topological polar surface area (TPSA) is 169 Å². The number of carbonyl (C=O) groups excluding carboxylic acids is 1. The molecule has 0 saturated heterocycles. The molecule has 186 valence electrons. The fraction of sp³-hybridized carbons (Fsp3) is 0.261. The van der Waals surface area contributed by atoms with Gasteiger partial charge in [0.15, 0.2) is 9.84 Å². The zero-order valence-corrected chi connectivity index (χ0v) is 19.5. The van der Waals surface area contributed by atoms with Crippen LogP contribution < -0.4 is 26.7 Å². The number of amides is 1. The van der Waals surface area contributed by atoms with E-state index in [0.29, 0.717) is 30.8 Å². The monoisotopic (exact) mass is 502 g/mol. The summed E-state index contributed by atoms with van der Waals surface area (Å²) in [6, 6.07) is 12.1. The molecule has 0 aliphatic rings. The second kappa shape index (κ2) is 11.6. The molecule has 11 nitrogen and oxygen atoms in total. The number of hydrogen-bond donors (Lipinski definition) is 4. The molecular formula is C23H26N4O7S. The molecule has 0 bridgehead atoms. The molecule has 1 aromatic carbocycles. The van der Waals surface area contributed by atoms with Gasteiger partial charge in [0.2, 0.25) is 0 Å². The minimum Gasteiger partial charge on any atom is -0.492 e. The van der Waals surface area contributed by atoms with Crippen LogP contribution in [0, 0.1) is 0 Å². The third-order valence-electron chi connectivity index (χ3n) is 5.04. The van der Waals surface area contributed by atoms with Gasteiger partial charge in [-0.25, -0.2) is 8.42 Å². The number of sulfone groups is 1. The normalized spacial score (nSPS) is 12.3. The van der Waals surface area contributed by atoms with Gasteiger partial charge in [-0.05, 0) is 43.3 Å². The predicted octanol–water partition coefficient (Wildman–Crippen LogP) is 0.231. The van der Waals surface area contributed by atoms with Gasteiger partial charge < -0.3 is 20.9 Å². The molecule has 0 aliphatic carbocycles. The molecule has 2 aromatic heterocycles. The lowest BCUT2D eigenvalue weighted by atomic mass is 10.2. The Labute approximate surface area is 201 Å². The summed E-state index contributed by atoms with van der Waals surface area (Å²) in [4.78, 5) is 36.7. The van der Waals surface area contributed by atoms with E-state index < -0.39 is 45.7 Å². The average molecular weight is 503 g/mol. The fourth-order valence-electron chi connectivity index (χ4n) is 3.16. The first-order valence-electron chi connectivity index (χ1n) is 10.7. The number of pyridine rings is 2. The molecular weight excluding hydrogens is 476 g/mol. The quantitative estimate of drug-likeness (QED) is 0.253. The van der Waals surface area contributed by atoms with Gasteiger partial charge in [-0.15, -0.1) is 0 Å². The van der Waals surface area contributed by atoms with Crippen molar-refractivity contribution in [3.8, 4) is 5.75 Å². The molecule has 2 heterocycles. The van der Waals surface area contributed by atoms with Gasteiger partial charge in [-0.1, -0.05) is 18.2 Å². The highest BCUT2D eigenvalue weighted by molar-refractivity contribution is 7.91. The number of fused-ring (bicyclic) bond motifs is 1. The molecule has 1 unspecified atom stereocenters. The first kappa shape index (κ1) is 25.9. The number of nitrogens with zero attached hydrogens (tertiary/aromatic N) is 1. The van der Waals surface area contributed by atoms with Crippen molar-refractivity contribution in [1.29, 1.82) is 0 Å². The van der Waals surface area contributed by atoms with Gasteiger partial charge in [0.25, 0.3) is 11.5 Å². The van der Waals surface area contributed by atoms with E-state index in [-0.39, 0.29) is 10.5 Å². The Morgan fingerprint density at radius 3 is 2.54 bits per heavy atom. The highest BCUT2D eigenvalue weighted by Crippen LogP contribution is 2.13. The van der Waals surface area contributed by atoms with Crippen LogP contribution in [0.2, 0.25) is 0 Å². The van der Waals surface area contributed by atoms with Crippen LogP contribution in [0.4, 0.5) is 0 Å². The van der Waals surface area contributed by atoms with Gasteiger partial charge in [-0.3, -0.25) is 24.1 Å². The number of carboxylic acid groups (broad SMARTS) is 1. The van der Waals surface area contributed by atoms with Crippen LogP contribution in [0.5, 0.6) is 5.75 Å². The van der Waals surface area contributed by atoms with Crippen LogP contribution in [0.1, 0.15) is 16.8 Å². The van der Waals surface area contributed by atoms with Gasteiger partial charge in [-0.2, -0.15) is 0 Å². The van der Waals surface area contributed by atoms with E-state index in [4.69, 9.17) is 10.5 Å². The first-order chi connectivity index (χ1) is 16.7. The number of carboxylic acids is 1. The highest BCUT2D eigenvalue weighted by Gasteiger charge is 2.22. The largest absolute Gasteiger partial charge is 0.492 e. The minimum atomic E-state index is -3.77. The van der Waals surface area contributed by atoms with E-state index in [1.807, 2.05) is 0 Å². The van der Waals surface area contributed by atoms with Crippen molar-refractivity contribution in [1.82, 2.24) is 15.0 Å². The Balaban J connectivity index is 1.66. The summed E-state index contributed by atoms with van der Waals surface area (Å²) in [5.74, 6) is -2.16. The van der Waals surface area contributed by atoms with E-state index in [9.17, 15) is 27.9 Å². The Bertz CT molecular complexity index is 1360. The Morgan fingerprint density at radius 2 is 1.86 bits per heavy atom. The maximum Gasteiger partial charge on any atom is 0.322 e. The highest BCUT2D eigenvalue weighted by atomic mass is 32.2. The lowest BCUT2D eigenvalue weighted by molar-refractivity contribution is -0.139. The number of ether oxygens (including phenoxy) is 1. The average Bonchev–Trinajstić information content (AvgIpc) is 2.84. The third kappa shape index (κ3) is 6.88. The summed E-state index contributed by atoms with van der Waals surface area (Å²) < 4.78 is 31.6. The molecule has 1 amide bonds. The summed E-state index contributed by atoms with van der Waals surface area (Å²) in [5, 5.41) is 14.3. The molecule has 12 heteroatoms. The molecule has 0 aliphatic heterocycles. The molecule has 0 radical (unpaired) electrons. The maximum absolute atomic E-state index is 12.6. The fourth-order valence-corrected chi connectivity index (χ4v) is 4.32. The second-order valence-corrected chi connectivity index (χ2v) is 9.60. The van der Waals surface area contributed by atoms with Crippen LogP contribution in [0.15, 0.2) is 70.5 Å². The van der Waals surface area contributed by atoms with Gasteiger partial charge >= 0.3 is 5.97 Å². The number of aliphatic carboxylic acids is 1. The van der Waals surface area contributed by atoms with Crippen LogP contribution in [0.25, 0.3) is 5.52 Å². The van der Waals surface area contributed by atoms with Crippen molar-refractivity contribution in [2.24, 2.45) is 5.73 Å². The van der Waals surface area contributed by atoms with E-state index >= 15 is 0 Å². The smallest absolute Gasteiger partial charge is 0.322 e. The second-order valence-electron chi connectivity index (χ2n) is 7.61. The standard InChI is InChI=1S/C23H26N4O7S/c24-9-4-10-34-18-8-7-17-11-16(12-21(28)27(17)14-18)22(29)25-13-20(23(30)31)26-15-35(32,33)19-5-2-1-3-6-19/h1-3,5-8,11-12,14,20,26H,4,9-10,13,15,24H2,(H,25,29)(H,30,31). The minimum absolute atomic E-state index is 0.0350. The number of rotatable bonds is 12. The Morgan fingerprint density at radius 1 is 1.11 bits per heavy atom. The number of aromatic nitrogens is 1. The lowest BCUT2D eigenvalue weighted by Gasteiger charge is -2.16. The van der Waals surface area contributed by atoms with Crippen molar-refractivity contribution < 1.29 is 27.9 Å². The number of nitrogens with one attached hydrogen (secondary N) is 2. The number of carbonyl (C=O) groups is 2. The van der Waals surface area contributed by atoms with Crippen LogP contribution in [-0.4, -0.2) is 61.4 Å². The van der Waals surface area contributed by atoms with Crippen molar-refractivity contribution in [3.63, 3.8) is 0 Å². The molecule has 1 atom stereocenters. The third-order valence-corrected chi connectivity index (χ3v) is 6.58.